The largest absolute Gasteiger partial charge is 1.00 e. The number of nitrogens with one attached hydrogen (secondary N) is 1. The number of β-lactam (4-membered cyclic amide) rings is 1. The van der Waals surface area contributed by atoms with Gasteiger partial charge in [-0.3, -0.25) is 14.5 Å². The number of amides is 2. The molecular weight excluding hydrogens is 473 g/mol. The Kier molecular flexibility index (Phi) is 8.73. The number of carbonyl (C=O) groups excluding carboxylic acids is 3. The first-order valence-electron chi connectivity index (χ1n) is 8.12. The first kappa shape index (κ1) is 25.4. The summed E-state index contributed by atoms with van der Waals surface area (Å²) in [5.74, 6) is -3.59. The molecule has 0 aliphatic carbocycles. The first-order valence-corrected chi connectivity index (χ1v) is 9.94. The number of rotatable bonds is 8. The van der Waals surface area contributed by atoms with Crippen LogP contribution < -0.4 is 45.7 Å². The number of aliphatic hydroxyl groups is 1. The molecule has 1 aromatic heterocycles. The van der Waals surface area contributed by atoms with E-state index in [4.69, 9.17) is 5.73 Å². The number of fused-ring (bicyclic) bond motifs is 1. The molecule has 0 radical (unpaired) electrons. The Labute approximate surface area is 203 Å². The number of thioether (sulfide) groups is 1. The molecule has 0 aromatic carbocycles. The maximum atomic E-state index is 12.6. The minimum Gasteiger partial charge on any atom is -0.543 e. The van der Waals surface area contributed by atoms with Crippen LogP contribution >= 0.6 is 23.3 Å². The van der Waals surface area contributed by atoms with Crippen LogP contribution in [0.15, 0.2) is 16.4 Å². The Morgan fingerprint density at radius 1 is 1.48 bits per heavy atom. The number of alkyl halides is 2. The number of nitrogens with two attached hydrogens (primary N) is 1. The van der Waals surface area contributed by atoms with Gasteiger partial charge in [0.15, 0.2) is 11.7 Å². The van der Waals surface area contributed by atoms with Crippen LogP contribution in [0.3, 0.4) is 0 Å². The standard InChI is InChI=1S/C14H14F2N6O6S2.Na/c15-5(16)2-28-20-6(9-19-14(17)30-21-9)10(24)18-7-11(25)22-8(13(26)27)4(1-23)3-29-12(7)22;/h5,7,12,23H,1-3H2,(H,18,24)(H,26,27)(H2,17,19,21);/q;+1/p-1/b20-6-;/t7-,12-;/m1./s1. The molecule has 2 aliphatic rings. The second-order valence-corrected chi connectivity index (χ2v) is 7.73. The smallest absolute Gasteiger partial charge is 0.543 e. The van der Waals surface area contributed by atoms with E-state index in [1.807, 2.05) is 0 Å². The van der Waals surface area contributed by atoms with Gasteiger partial charge >= 0.3 is 29.6 Å². The van der Waals surface area contributed by atoms with Gasteiger partial charge in [-0.15, -0.1) is 11.8 Å². The topological polar surface area (TPSA) is 183 Å². The normalized spacial score (nSPS) is 20.7. The van der Waals surface area contributed by atoms with Crippen molar-refractivity contribution in [3.8, 4) is 0 Å². The maximum absolute atomic E-state index is 12.6. The third-order valence-corrected chi connectivity index (χ3v) is 5.83. The molecule has 0 spiro atoms. The fourth-order valence-corrected chi connectivity index (χ4v) is 4.45. The third kappa shape index (κ3) is 5.32. The predicted octanol–water partition coefficient (Wildman–Crippen LogP) is -5.49. The molecule has 31 heavy (non-hydrogen) atoms. The van der Waals surface area contributed by atoms with Crippen molar-refractivity contribution in [2.75, 3.05) is 24.7 Å². The average molecular weight is 486 g/mol. The van der Waals surface area contributed by atoms with E-state index >= 15 is 0 Å². The molecule has 12 nitrogen and oxygen atoms in total. The van der Waals surface area contributed by atoms with Crippen LogP contribution in [0.25, 0.3) is 0 Å². The van der Waals surface area contributed by atoms with E-state index in [1.165, 1.54) is 0 Å². The van der Waals surface area contributed by atoms with E-state index < -0.39 is 60.2 Å². The van der Waals surface area contributed by atoms with Gasteiger partial charge in [-0.05, 0) is 5.57 Å². The Balaban J connectivity index is 0.00000341. The number of hydrogen-bond donors (Lipinski definition) is 3. The van der Waals surface area contributed by atoms with E-state index in [9.17, 15) is 33.4 Å². The number of carboxylic acid groups (broad SMARTS) is 1. The summed E-state index contributed by atoms with van der Waals surface area (Å²) in [6, 6.07) is -1.15. The van der Waals surface area contributed by atoms with Gasteiger partial charge in [0.05, 0.1) is 18.3 Å². The Bertz CT molecular complexity index is 944. The molecule has 3 rings (SSSR count). The summed E-state index contributed by atoms with van der Waals surface area (Å²) in [6.07, 6.45) is -2.84. The van der Waals surface area contributed by atoms with Crippen LogP contribution in [0.4, 0.5) is 13.9 Å². The van der Waals surface area contributed by atoms with E-state index in [2.05, 4.69) is 24.7 Å². The van der Waals surface area contributed by atoms with Crippen LogP contribution in [0.5, 0.6) is 0 Å². The predicted molar refractivity (Wildman–Crippen MR) is 97.0 cm³/mol. The van der Waals surface area contributed by atoms with Crippen molar-refractivity contribution in [3.05, 3.63) is 17.1 Å². The van der Waals surface area contributed by atoms with Crippen molar-refractivity contribution in [1.29, 1.82) is 0 Å². The second kappa shape index (κ2) is 10.6. The fourth-order valence-electron chi connectivity index (χ4n) is 2.68. The zero-order valence-corrected chi connectivity index (χ0v) is 19.4. The molecule has 1 fully saturated rings. The van der Waals surface area contributed by atoms with Gasteiger partial charge < -0.3 is 30.9 Å². The van der Waals surface area contributed by atoms with Gasteiger partial charge in [0.1, 0.15) is 11.4 Å². The number of aliphatic hydroxyl groups excluding tert-OH is 1. The third-order valence-electron chi connectivity index (χ3n) is 3.94. The molecule has 17 heteroatoms. The maximum Gasteiger partial charge on any atom is 1.00 e. The molecule has 2 amide bonds. The van der Waals surface area contributed by atoms with Crippen LogP contribution in [-0.2, 0) is 19.2 Å². The number of hydrogen-bond acceptors (Lipinski definition) is 12. The molecule has 162 valence electrons. The summed E-state index contributed by atoms with van der Waals surface area (Å²) in [5, 5.41) is 25.5. The number of anilines is 1. The number of nitrogen functional groups attached to an aromatic ring is 1. The molecular formula is C14H13F2N6NaO6S2. The van der Waals surface area contributed by atoms with Crippen molar-refractivity contribution in [3.63, 3.8) is 0 Å². The number of oxime groups is 1. The molecule has 0 bridgehead atoms. The van der Waals surface area contributed by atoms with E-state index in [0.29, 0.717) is 0 Å². The minimum atomic E-state index is -2.84. The number of aliphatic carboxylic acids is 1. The Morgan fingerprint density at radius 3 is 2.74 bits per heavy atom. The zero-order valence-electron chi connectivity index (χ0n) is 15.8. The van der Waals surface area contributed by atoms with Crippen molar-refractivity contribution >= 4 is 51.9 Å². The van der Waals surface area contributed by atoms with Gasteiger partial charge in [-0.2, -0.15) is 9.36 Å². The van der Waals surface area contributed by atoms with Crippen LogP contribution in [0.2, 0.25) is 0 Å². The molecule has 1 aromatic rings. The number of halogens is 2. The monoisotopic (exact) mass is 486 g/mol. The zero-order chi connectivity index (χ0) is 22.0. The van der Waals surface area contributed by atoms with Crippen molar-refractivity contribution in [1.82, 2.24) is 19.6 Å². The van der Waals surface area contributed by atoms with Gasteiger partial charge in [0.2, 0.25) is 11.5 Å². The van der Waals surface area contributed by atoms with Crippen LogP contribution in [-0.4, -0.2) is 79.7 Å². The van der Waals surface area contributed by atoms with Gasteiger partial charge in [-0.1, -0.05) is 5.16 Å². The summed E-state index contributed by atoms with van der Waals surface area (Å²) in [5.41, 5.74) is 4.54. The molecule has 0 unspecified atom stereocenters. The number of nitrogens with zero attached hydrogens (tertiary/aromatic N) is 4. The minimum absolute atomic E-state index is 0. The van der Waals surface area contributed by atoms with E-state index in [0.717, 1.165) is 28.2 Å². The number of carboxylic acids is 1. The van der Waals surface area contributed by atoms with E-state index in [1.54, 1.807) is 0 Å². The SMILES string of the molecule is Nc1nc(/C(=N/OCC(F)F)C(=O)N[C@@H]2C(=O)N3C(C(=O)[O-])=C(CO)CS[C@H]23)ns1.[Na+]. The molecule has 1 saturated heterocycles. The molecule has 0 saturated carbocycles. The molecule has 4 N–H and O–H groups in total. The van der Waals surface area contributed by atoms with Crippen molar-refractivity contribution in [2.24, 2.45) is 5.16 Å². The second-order valence-electron chi connectivity index (χ2n) is 5.84. The molecule has 2 atom stereocenters. The van der Waals surface area contributed by atoms with Crippen molar-refractivity contribution < 1.29 is 67.8 Å². The Hall–Kier alpha value is -1.85. The van der Waals surface area contributed by atoms with Gasteiger partial charge in [0.25, 0.3) is 18.2 Å². The number of aromatic nitrogens is 2. The van der Waals surface area contributed by atoms with Gasteiger partial charge in [0, 0.05) is 17.3 Å². The summed E-state index contributed by atoms with van der Waals surface area (Å²) in [7, 11) is 0. The number of carbonyl (C=O) groups is 3. The average Bonchev–Trinajstić information content (AvgIpc) is 3.13. The molecule has 3 heterocycles. The summed E-state index contributed by atoms with van der Waals surface area (Å²) in [6.45, 7) is -1.66. The van der Waals surface area contributed by atoms with Crippen molar-refractivity contribution in [2.45, 2.75) is 17.8 Å². The summed E-state index contributed by atoms with van der Waals surface area (Å²) in [4.78, 5) is 45.5. The molecule has 2 aliphatic heterocycles. The van der Waals surface area contributed by atoms with Crippen LogP contribution in [0.1, 0.15) is 5.82 Å². The first-order chi connectivity index (χ1) is 14.2. The summed E-state index contributed by atoms with van der Waals surface area (Å²) < 4.78 is 28.4. The quantitative estimate of drug-likeness (QED) is 0.139. The summed E-state index contributed by atoms with van der Waals surface area (Å²) >= 11 is 1.84. The Morgan fingerprint density at radius 2 is 2.19 bits per heavy atom. The fraction of sp³-hybridized carbons (Fsp3) is 0.429. The van der Waals surface area contributed by atoms with Crippen LogP contribution in [0, 0.1) is 0 Å². The van der Waals surface area contributed by atoms with Gasteiger partial charge in [-0.25, -0.2) is 8.78 Å². The van der Waals surface area contributed by atoms with E-state index in [-0.39, 0.29) is 51.8 Å².